The SMILES string of the molecule is O=C(O[C@@H]1C[C@](O)(C(=O)O)C[C@@H](O)[C@H]1O)c1ccc(Br)cc1. The fraction of sp³-hybridized carbons (Fsp3) is 0.429. The molecule has 1 aromatic rings. The van der Waals surface area contributed by atoms with Crippen molar-refractivity contribution >= 4 is 27.9 Å². The molecular weight excluding hydrogens is 360 g/mol. The molecule has 0 heterocycles. The van der Waals surface area contributed by atoms with E-state index >= 15 is 0 Å². The maximum Gasteiger partial charge on any atom is 0.338 e. The predicted molar refractivity (Wildman–Crippen MR) is 77.2 cm³/mol. The third-order valence-electron chi connectivity index (χ3n) is 3.60. The molecule has 0 unspecified atom stereocenters. The van der Waals surface area contributed by atoms with Crippen molar-refractivity contribution in [3.8, 4) is 0 Å². The second kappa shape index (κ2) is 6.33. The van der Waals surface area contributed by atoms with Gasteiger partial charge < -0.3 is 25.2 Å². The van der Waals surface area contributed by atoms with Crippen LogP contribution >= 0.6 is 15.9 Å². The Bertz CT molecular complexity index is 573. The summed E-state index contributed by atoms with van der Waals surface area (Å²) in [5.74, 6) is -2.32. The van der Waals surface area contributed by atoms with Crippen molar-refractivity contribution in [3.05, 3.63) is 34.3 Å². The van der Waals surface area contributed by atoms with E-state index in [9.17, 15) is 24.9 Å². The summed E-state index contributed by atoms with van der Waals surface area (Å²) in [5.41, 5.74) is -2.04. The molecule has 0 aromatic heterocycles. The molecule has 0 amide bonds. The van der Waals surface area contributed by atoms with Gasteiger partial charge in [0.25, 0.3) is 0 Å². The number of carboxylic acids is 1. The maximum atomic E-state index is 12.0. The van der Waals surface area contributed by atoms with Gasteiger partial charge in [0.15, 0.2) is 5.60 Å². The van der Waals surface area contributed by atoms with Gasteiger partial charge >= 0.3 is 11.9 Å². The van der Waals surface area contributed by atoms with E-state index < -0.39 is 48.7 Å². The molecule has 120 valence electrons. The lowest BCUT2D eigenvalue weighted by molar-refractivity contribution is -0.187. The van der Waals surface area contributed by atoms with Crippen molar-refractivity contribution in [1.82, 2.24) is 0 Å². The topological polar surface area (TPSA) is 124 Å². The van der Waals surface area contributed by atoms with Crippen molar-refractivity contribution < 1.29 is 34.8 Å². The van der Waals surface area contributed by atoms with Crippen LogP contribution in [0.5, 0.6) is 0 Å². The van der Waals surface area contributed by atoms with Crippen LogP contribution in [0.25, 0.3) is 0 Å². The second-order valence-electron chi connectivity index (χ2n) is 5.25. The zero-order valence-corrected chi connectivity index (χ0v) is 12.9. The first-order valence-corrected chi connectivity index (χ1v) is 7.31. The molecule has 2 rings (SSSR count). The normalized spacial score (nSPS) is 31.5. The van der Waals surface area contributed by atoms with E-state index in [1.54, 1.807) is 12.1 Å². The number of aliphatic hydroxyl groups excluding tert-OH is 2. The Morgan fingerprint density at radius 2 is 1.77 bits per heavy atom. The molecule has 1 saturated carbocycles. The first-order valence-electron chi connectivity index (χ1n) is 6.51. The highest BCUT2D eigenvalue weighted by Gasteiger charge is 2.50. The monoisotopic (exact) mass is 374 g/mol. The second-order valence-corrected chi connectivity index (χ2v) is 6.17. The Balaban J connectivity index is 2.14. The average molecular weight is 375 g/mol. The average Bonchev–Trinajstić information content (AvgIpc) is 2.44. The van der Waals surface area contributed by atoms with Crippen molar-refractivity contribution in [3.63, 3.8) is 0 Å². The molecular formula is C14H15BrO7. The fourth-order valence-corrected chi connectivity index (χ4v) is 2.59. The number of ether oxygens (including phenoxy) is 1. The van der Waals surface area contributed by atoms with Crippen LogP contribution in [0.15, 0.2) is 28.7 Å². The Hall–Kier alpha value is -1.48. The first-order chi connectivity index (χ1) is 10.2. The smallest absolute Gasteiger partial charge is 0.338 e. The summed E-state index contributed by atoms with van der Waals surface area (Å²) in [4.78, 5) is 23.1. The number of rotatable bonds is 3. The molecule has 1 fully saturated rings. The summed E-state index contributed by atoms with van der Waals surface area (Å²) in [6.07, 6.45) is -5.31. The number of benzene rings is 1. The van der Waals surface area contributed by atoms with E-state index in [0.717, 1.165) is 4.47 Å². The van der Waals surface area contributed by atoms with Crippen molar-refractivity contribution in [2.45, 2.75) is 36.8 Å². The van der Waals surface area contributed by atoms with E-state index in [1.165, 1.54) is 12.1 Å². The molecule has 1 aliphatic carbocycles. The largest absolute Gasteiger partial charge is 0.479 e. The maximum absolute atomic E-state index is 12.0. The van der Waals surface area contributed by atoms with Crippen molar-refractivity contribution in [1.29, 1.82) is 0 Å². The standard InChI is InChI=1S/C14H15BrO7/c15-8-3-1-7(2-4-8)12(18)22-10-6-14(21,13(19)20)5-9(16)11(10)17/h1-4,9-11,16-17,21H,5-6H2,(H,19,20)/t9-,10-,11-,14+/m1/s1. The minimum absolute atomic E-state index is 0.203. The highest BCUT2D eigenvalue weighted by atomic mass is 79.9. The summed E-state index contributed by atoms with van der Waals surface area (Å²) in [6.45, 7) is 0. The number of carbonyl (C=O) groups is 2. The zero-order chi connectivity index (χ0) is 16.5. The fourth-order valence-electron chi connectivity index (χ4n) is 2.33. The third-order valence-corrected chi connectivity index (χ3v) is 4.13. The van der Waals surface area contributed by atoms with E-state index in [2.05, 4.69) is 15.9 Å². The molecule has 4 N–H and O–H groups in total. The summed E-state index contributed by atoms with van der Waals surface area (Å²) < 4.78 is 5.82. The van der Waals surface area contributed by atoms with Gasteiger partial charge in [0, 0.05) is 17.3 Å². The van der Waals surface area contributed by atoms with Gasteiger partial charge in [-0.05, 0) is 24.3 Å². The number of aliphatic carboxylic acids is 1. The van der Waals surface area contributed by atoms with E-state index in [0.29, 0.717) is 0 Å². The highest BCUT2D eigenvalue weighted by molar-refractivity contribution is 9.10. The number of aliphatic hydroxyl groups is 3. The van der Waals surface area contributed by atoms with Gasteiger partial charge in [-0.25, -0.2) is 9.59 Å². The quantitative estimate of drug-likeness (QED) is 0.561. The van der Waals surface area contributed by atoms with Crippen molar-refractivity contribution in [2.75, 3.05) is 0 Å². The minimum Gasteiger partial charge on any atom is -0.479 e. The lowest BCUT2D eigenvalue weighted by atomic mass is 9.79. The van der Waals surface area contributed by atoms with Gasteiger partial charge in [-0.1, -0.05) is 15.9 Å². The summed E-state index contributed by atoms with van der Waals surface area (Å²) in [7, 11) is 0. The molecule has 4 atom stereocenters. The predicted octanol–water partition coefficient (Wildman–Crippen LogP) is 0.306. The van der Waals surface area contributed by atoms with Gasteiger partial charge in [0.1, 0.15) is 12.2 Å². The Morgan fingerprint density at radius 1 is 1.18 bits per heavy atom. The summed E-state index contributed by atoms with van der Waals surface area (Å²) >= 11 is 3.22. The number of halogens is 1. The molecule has 1 aromatic carbocycles. The number of carbonyl (C=O) groups excluding carboxylic acids is 1. The van der Waals surface area contributed by atoms with Crippen molar-refractivity contribution in [2.24, 2.45) is 0 Å². The van der Waals surface area contributed by atoms with Crippen LogP contribution in [-0.4, -0.2) is 56.3 Å². The van der Waals surface area contributed by atoms with Crippen LogP contribution in [0.4, 0.5) is 0 Å². The van der Waals surface area contributed by atoms with Crippen LogP contribution in [0.1, 0.15) is 23.2 Å². The van der Waals surface area contributed by atoms with Crippen LogP contribution < -0.4 is 0 Å². The highest BCUT2D eigenvalue weighted by Crippen LogP contribution is 2.31. The molecule has 0 aliphatic heterocycles. The zero-order valence-electron chi connectivity index (χ0n) is 11.3. The number of hydrogen-bond acceptors (Lipinski definition) is 6. The Labute approximate surface area is 134 Å². The van der Waals surface area contributed by atoms with Crippen LogP contribution in [0.3, 0.4) is 0 Å². The molecule has 0 spiro atoms. The molecule has 8 heteroatoms. The summed E-state index contributed by atoms with van der Waals surface area (Å²) in [6, 6.07) is 6.22. The van der Waals surface area contributed by atoms with Gasteiger partial charge in [-0.2, -0.15) is 0 Å². The Kier molecular flexibility index (Phi) is 4.86. The number of esters is 1. The van der Waals surface area contributed by atoms with Gasteiger partial charge in [0.2, 0.25) is 0 Å². The first kappa shape index (κ1) is 16.9. The third kappa shape index (κ3) is 3.46. The lowest BCUT2D eigenvalue weighted by Crippen LogP contribution is -2.57. The molecule has 1 aliphatic rings. The summed E-state index contributed by atoms with van der Waals surface area (Å²) in [5, 5.41) is 38.5. The minimum atomic E-state index is -2.25. The molecule has 0 bridgehead atoms. The van der Waals surface area contributed by atoms with Gasteiger partial charge in [0.05, 0.1) is 11.7 Å². The van der Waals surface area contributed by atoms with Crippen LogP contribution in [0, 0.1) is 0 Å². The number of hydrogen-bond donors (Lipinski definition) is 4. The molecule has 0 saturated heterocycles. The van der Waals surface area contributed by atoms with E-state index in [4.69, 9.17) is 9.84 Å². The molecule has 22 heavy (non-hydrogen) atoms. The number of carboxylic acid groups (broad SMARTS) is 1. The lowest BCUT2D eigenvalue weighted by Gasteiger charge is -2.39. The van der Waals surface area contributed by atoms with Gasteiger partial charge in [-0.3, -0.25) is 0 Å². The van der Waals surface area contributed by atoms with E-state index in [-0.39, 0.29) is 5.56 Å². The Morgan fingerprint density at radius 3 is 2.32 bits per heavy atom. The van der Waals surface area contributed by atoms with E-state index in [1.807, 2.05) is 0 Å². The van der Waals surface area contributed by atoms with Crippen LogP contribution in [0.2, 0.25) is 0 Å². The molecule has 7 nitrogen and oxygen atoms in total. The van der Waals surface area contributed by atoms with Crippen LogP contribution in [-0.2, 0) is 9.53 Å². The molecule has 0 radical (unpaired) electrons. The van der Waals surface area contributed by atoms with Gasteiger partial charge in [-0.15, -0.1) is 0 Å².